The molecule has 4 heterocycles. The second-order valence-electron chi connectivity index (χ2n) is 8.82. The molecule has 10 nitrogen and oxygen atoms in total. The van der Waals surface area contributed by atoms with Crippen LogP contribution in [0.25, 0.3) is 5.95 Å². The van der Waals surface area contributed by atoms with Gasteiger partial charge in [-0.3, -0.25) is 9.36 Å². The van der Waals surface area contributed by atoms with E-state index in [0.717, 1.165) is 11.3 Å². The summed E-state index contributed by atoms with van der Waals surface area (Å²) in [5.41, 5.74) is 1.80. The van der Waals surface area contributed by atoms with Gasteiger partial charge in [-0.2, -0.15) is 16.3 Å². The van der Waals surface area contributed by atoms with E-state index in [1.807, 2.05) is 60.1 Å². The van der Waals surface area contributed by atoms with Crippen molar-refractivity contribution >= 4 is 34.8 Å². The third-order valence-electron chi connectivity index (χ3n) is 6.29. The number of piperazine rings is 1. The lowest BCUT2D eigenvalue weighted by molar-refractivity contribution is -0.122. The molecular formula is C26H28N8O2S. The van der Waals surface area contributed by atoms with Gasteiger partial charge in [0.2, 0.25) is 11.9 Å². The zero-order valence-corrected chi connectivity index (χ0v) is 21.2. The number of para-hydroxylation sites is 1. The molecule has 2 unspecified atom stereocenters. The highest BCUT2D eigenvalue weighted by atomic mass is 32.1. The van der Waals surface area contributed by atoms with Gasteiger partial charge in [-0.25, -0.2) is 14.8 Å². The number of rotatable bonds is 7. The number of imidazole rings is 1. The molecule has 11 heteroatoms. The lowest BCUT2D eigenvalue weighted by Crippen LogP contribution is -2.57. The Morgan fingerprint density at radius 3 is 2.76 bits per heavy atom. The summed E-state index contributed by atoms with van der Waals surface area (Å²) in [6, 6.07) is 12.6. The minimum Gasteiger partial charge on any atom is -0.349 e. The molecule has 1 fully saturated rings. The average Bonchev–Trinajstić information content (AvgIpc) is 3.64. The molecule has 5 rings (SSSR count). The first kappa shape index (κ1) is 24.4. The highest BCUT2D eigenvalue weighted by Crippen LogP contribution is 2.23. The molecule has 0 aliphatic carbocycles. The number of urea groups is 1. The van der Waals surface area contributed by atoms with Crippen LogP contribution in [0.4, 0.5) is 16.3 Å². The maximum atomic E-state index is 13.1. The largest absolute Gasteiger partial charge is 0.349 e. The van der Waals surface area contributed by atoms with Gasteiger partial charge in [0, 0.05) is 50.3 Å². The van der Waals surface area contributed by atoms with Crippen molar-refractivity contribution < 1.29 is 9.59 Å². The normalized spacial score (nSPS) is 16.3. The first-order valence-electron chi connectivity index (χ1n) is 12.1. The Kier molecular flexibility index (Phi) is 7.41. The SMILES string of the molecule is CC(NC(=O)CC1CN(C(=O)Nc2ccccc2)CCN1c1ccnc(-n2ccnc2)n1)c1ccsc1. The third-order valence-corrected chi connectivity index (χ3v) is 7.00. The number of nitrogens with zero attached hydrogens (tertiary/aromatic N) is 6. The molecular weight excluding hydrogens is 488 g/mol. The van der Waals surface area contributed by atoms with Crippen molar-refractivity contribution in [3.05, 3.63) is 83.7 Å². The summed E-state index contributed by atoms with van der Waals surface area (Å²) < 4.78 is 1.73. The van der Waals surface area contributed by atoms with Gasteiger partial charge in [0.25, 0.3) is 0 Å². The molecule has 0 bridgehead atoms. The molecule has 1 saturated heterocycles. The number of anilines is 2. The number of carbonyl (C=O) groups excluding carboxylic acids is 2. The van der Waals surface area contributed by atoms with Gasteiger partial charge in [-0.15, -0.1) is 0 Å². The minimum atomic E-state index is -0.268. The van der Waals surface area contributed by atoms with E-state index in [4.69, 9.17) is 4.98 Å². The molecule has 0 saturated carbocycles. The van der Waals surface area contributed by atoms with Crippen LogP contribution in [0.5, 0.6) is 0 Å². The summed E-state index contributed by atoms with van der Waals surface area (Å²) in [6.45, 7) is 3.37. The smallest absolute Gasteiger partial charge is 0.321 e. The molecule has 1 aliphatic heterocycles. The van der Waals surface area contributed by atoms with E-state index >= 15 is 0 Å². The van der Waals surface area contributed by atoms with E-state index in [1.54, 1.807) is 45.7 Å². The fraction of sp³-hybridized carbons (Fsp3) is 0.269. The molecule has 37 heavy (non-hydrogen) atoms. The Labute approximate surface area is 219 Å². The van der Waals surface area contributed by atoms with Crippen LogP contribution in [0.15, 0.2) is 78.1 Å². The van der Waals surface area contributed by atoms with Crippen LogP contribution in [-0.2, 0) is 4.79 Å². The minimum absolute atomic E-state index is 0.0806. The summed E-state index contributed by atoms with van der Waals surface area (Å²) >= 11 is 1.60. The maximum absolute atomic E-state index is 13.1. The summed E-state index contributed by atoms with van der Waals surface area (Å²) in [4.78, 5) is 43.2. The van der Waals surface area contributed by atoms with Gasteiger partial charge in [0.1, 0.15) is 12.1 Å². The molecule has 3 amide bonds. The van der Waals surface area contributed by atoms with Crippen LogP contribution in [0, 0.1) is 0 Å². The first-order valence-corrected chi connectivity index (χ1v) is 13.0. The predicted octanol–water partition coefficient (Wildman–Crippen LogP) is 3.71. The van der Waals surface area contributed by atoms with Crippen molar-refractivity contribution in [2.24, 2.45) is 0 Å². The van der Waals surface area contributed by atoms with Crippen LogP contribution in [0.1, 0.15) is 24.9 Å². The van der Waals surface area contributed by atoms with Gasteiger partial charge in [0.05, 0.1) is 12.1 Å². The van der Waals surface area contributed by atoms with Gasteiger partial charge in [-0.1, -0.05) is 18.2 Å². The molecule has 190 valence electrons. The van der Waals surface area contributed by atoms with E-state index in [1.165, 1.54) is 0 Å². The maximum Gasteiger partial charge on any atom is 0.321 e. The van der Waals surface area contributed by atoms with Crippen molar-refractivity contribution in [1.82, 2.24) is 29.7 Å². The number of amides is 3. The van der Waals surface area contributed by atoms with Crippen molar-refractivity contribution in [3.63, 3.8) is 0 Å². The second kappa shape index (κ2) is 11.2. The van der Waals surface area contributed by atoms with E-state index in [0.29, 0.717) is 31.4 Å². The molecule has 2 N–H and O–H groups in total. The van der Waals surface area contributed by atoms with Crippen LogP contribution in [0.2, 0.25) is 0 Å². The molecule has 0 spiro atoms. The fourth-order valence-electron chi connectivity index (χ4n) is 4.36. The van der Waals surface area contributed by atoms with Crippen molar-refractivity contribution in [1.29, 1.82) is 0 Å². The Bertz CT molecular complexity index is 1310. The number of thiophene rings is 1. The topological polar surface area (TPSA) is 108 Å². The van der Waals surface area contributed by atoms with Crippen LogP contribution < -0.4 is 15.5 Å². The molecule has 1 aromatic carbocycles. The van der Waals surface area contributed by atoms with E-state index in [9.17, 15) is 9.59 Å². The fourth-order valence-corrected chi connectivity index (χ4v) is 5.11. The number of aromatic nitrogens is 4. The number of carbonyl (C=O) groups is 2. The first-order chi connectivity index (χ1) is 18.1. The summed E-state index contributed by atoms with van der Waals surface area (Å²) in [5, 5.41) is 10.1. The number of nitrogens with one attached hydrogen (secondary N) is 2. The molecule has 3 aromatic heterocycles. The van der Waals surface area contributed by atoms with Crippen LogP contribution >= 0.6 is 11.3 Å². The van der Waals surface area contributed by atoms with Gasteiger partial charge < -0.3 is 20.4 Å². The van der Waals surface area contributed by atoms with E-state index in [-0.39, 0.29) is 30.4 Å². The van der Waals surface area contributed by atoms with Crippen molar-refractivity contribution in [3.8, 4) is 5.95 Å². The third kappa shape index (κ3) is 5.95. The summed E-state index contributed by atoms with van der Waals surface area (Å²) in [7, 11) is 0. The average molecular weight is 517 g/mol. The lowest BCUT2D eigenvalue weighted by Gasteiger charge is -2.42. The monoisotopic (exact) mass is 516 g/mol. The number of hydrogen-bond acceptors (Lipinski definition) is 7. The summed E-state index contributed by atoms with van der Waals surface area (Å²) in [5.74, 6) is 1.11. The number of benzene rings is 1. The molecule has 1 aliphatic rings. The van der Waals surface area contributed by atoms with Crippen LogP contribution in [-0.4, -0.2) is 62.0 Å². The van der Waals surface area contributed by atoms with Crippen molar-refractivity contribution in [2.45, 2.75) is 25.4 Å². The van der Waals surface area contributed by atoms with Gasteiger partial charge >= 0.3 is 6.03 Å². The highest BCUT2D eigenvalue weighted by molar-refractivity contribution is 7.08. The zero-order chi connectivity index (χ0) is 25.6. The predicted molar refractivity (Wildman–Crippen MR) is 143 cm³/mol. The number of hydrogen-bond donors (Lipinski definition) is 2. The van der Waals surface area contributed by atoms with E-state index < -0.39 is 0 Å². The Morgan fingerprint density at radius 1 is 1.14 bits per heavy atom. The van der Waals surface area contributed by atoms with Crippen LogP contribution in [0.3, 0.4) is 0 Å². The Morgan fingerprint density at radius 2 is 2.00 bits per heavy atom. The van der Waals surface area contributed by atoms with Gasteiger partial charge in [0.15, 0.2) is 0 Å². The zero-order valence-electron chi connectivity index (χ0n) is 20.4. The Balaban J connectivity index is 1.34. The van der Waals surface area contributed by atoms with Crippen molar-refractivity contribution in [2.75, 3.05) is 29.9 Å². The van der Waals surface area contributed by atoms with Gasteiger partial charge in [-0.05, 0) is 47.5 Å². The van der Waals surface area contributed by atoms with E-state index in [2.05, 4.69) is 25.5 Å². The second-order valence-corrected chi connectivity index (χ2v) is 9.60. The quantitative estimate of drug-likeness (QED) is 0.388. The molecule has 4 aromatic rings. The Hall–Kier alpha value is -4.25. The summed E-state index contributed by atoms with van der Waals surface area (Å²) in [6.07, 6.45) is 7.00. The standard InChI is InChI=1S/C26H28N8O2S/c1-19(20-8-14-37-17-20)29-24(35)15-22-16-32(26(36)30-21-5-3-2-4-6-21)12-13-34(22)23-7-9-28-25(31-23)33-11-10-27-18-33/h2-11,14,17-19,22H,12-13,15-16H2,1H3,(H,29,35)(H,30,36). The molecule has 2 atom stereocenters. The highest BCUT2D eigenvalue weighted by Gasteiger charge is 2.32. The molecule has 0 radical (unpaired) electrons. The lowest BCUT2D eigenvalue weighted by atomic mass is 10.1.